The van der Waals surface area contributed by atoms with Crippen LogP contribution in [0.3, 0.4) is 0 Å². The fraction of sp³-hybridized carbons (Fsp3) is 0.316. The summed E-state index contributed by atoms with van der Waals surface area (Å²) in [5, 5.41) is 18.9. The quantitative estimate of drug-likeness (QED) is 0.505. The summed E-state index contributed by atoms with van der Waals surface area (Å²) >= 11 is 0. The number of ether oxygens (including phenoxy) is 1. The maximum atomic E-state index is 14.6. The Labute approximate surface area is 165 Å². The van der Waals surface area contributed by atoms with Crippen LogP contribution in [0, 0.1) is 24.6 Å². The highest BCUT2D eigenvalue weighted by molar-refractivity contribution is 5.93. The van der Waals surface area contributed by atoms with E-state index in [-0.39, 0.29) is 34.9 Å². The lowest BCUT2D eigenvalue weighted by Crippen LogP contribution is -2.37. The average molecular weight is 402 g/mol. The molecule has 1 aromatic heterocycles. The number of nitrogens with two attached hydrogens (primary N) is 2. The molecule has 1 aromatic carbocycles. The van der Waals surface area contributed by atoms with Gasteiger partial charge in [0.2, 0.25) is 0 Å². The first-order valence-electron chi connectivity index (χ1n) is 8.57. The minimum Gasteiger partial charge on any atom is -0.478 e. The van der Waals surface area contributed by atoms with Crippen molar-refractivity contribution in [3.8, 4) is 29.0 Å². The molecule has 1 aliphatic rings. The molecular weight excluding hydrogens is 383 g/mol. The molecule has 6 N–H and O–H groups in total. The predicted molar refractivity (Wildman–Crippen MR) is 99.1 cm³/mol. The van der Waals surface area contributed by atoms with Crippen molar-refractivity contribution in [3.05, 3.63) is 34.9 Å². The lowest BCUT2D eigenvalue weighted by atomic mass is 10.1. The molecule has 2 unspecified atom stereocenters. The van der Waals surface area contributed by atoms with Crippen molar-refractivity contribution in [3.63, 3.8) is 0 Å². The van der Waals surface area contributed by atoms with Crippen molar-refractivity contribution < 1.29 is 28.9 Å². The molecule has 29 heavy (non-hydrogen) atoms. The first kappa shape index (κ1) is 20.3. The Morgan fingerprint density at radius 1 is 1.45 bits per heavy atom. The predicted octanol–water partition coefficient (Wildman–Crippen LogP) is -0.562. The van der Waals surface area contributed by atoms with Crippen molar-refractivity contribution in [1.82, 2.24) is 9.55 Å². The zero-order chi connectivity index (χ0) is 21.5. The molecule has 0 radical (unpaired) electrons. The topological polar surface area (TPSA) is 154 Å². The number of carbonyl (C=O) groups is 2. The summed E-state index contributed by atoms with van der Waals surface area (Å²) < 4.78 is 21.7. The van der Waals surface area contributed by atoms with Gasteiger partial charge in [0.1, 0.15) is 28.7 Å². The number of aliphatic hydroxyl groups excluding tert-OH is 1. The number of primary amides is 2. The van der Waals surface area contributed by atoms with Gasteiger partial charge in [-0.2, -0.15) is 0 Å². The number of aromatic nitrogens is 2. The van der Waals surface area contributed by atoms with Crippen molar-refractivity contribution in [1.29, 1.82) is 0 Å². The van der Waals surface area contributed by atoms with Gasteiger partial charge in [0.15, 0.2) is 6.10 Å². The van der Waals surface area contributed by atoms with Gasteiger partial charge in [-0.15, -0.1) is 0 Å². The second-order valence-electron chi connectivity index (χ2n) is 6.86. The minimum absolute atomic E-state index is 0.00348. The monoisotopic (exact) mass is 402 g/mol. The van der Waals surface area contributed by atoms with Crippen molar-refractivity contribution >= 4 is 11.8 Å². The number of hydrogen-bond donors (Lipinski definition) is 4. The summed E-state index contributed by atoms with van der Waals surface area (Å²) in [5.41, 5.74) is 9.59. The number of amides is 2. The Bertz CT molecular complexity index is 1080. The number of rotatable bonds is 3. The molecule has 3 rings (SSSR count). The molecule has 0 bridgehead atoms. The Morgan fingerprint density at radius 3 is 2.72 bits per heavy atom. The lowest BCUT2D eigenvalue weighted by Gasteiger charge is -2.15. The minimum atomic E-state index is -1.72. The normalized spacial score (nSPS) is 16.9. The molecule has 0 spiro atoms. The summed E-state index contributed by atoms with van der Waals surface area (Å²) in [5.74, 6) is 2.75. The summed E-state index contributed by atoms with van der Waals surface area (Å²) in [6.45, 7) is 2.19. The van der Waals surface area contributed by atoms with Gasteiger partial charge in [-0.05, 0) is 19.9 Å². The van der Waals surface area contributed by atoms with Crippen LogP contribution >= 0.6 is 0 Å². The van der Waals surface area contributed by atoms with E-state index in [4.69, 9.17) is 21.3 Å². The summed E-state index contributed by atoms with van der Waals surface area (Å²) in [6.07, 6.45) is -1.13. The van der Waals surface area contributed by atoms with Crippen LogP contribution in [0.25, 0.3) is 11.4 Å². The zero-order valence-electron chi connectivity index (χ0n) is 15.7. The Hall–Kier alpha value is -3.42. The molecule has 2 amide bonds. The number of benzene rings is 1. The van der Waals surface area contributed by atoms with E-state index in [2.05, 4.69) is 16.8 Å². The number of aliphatic hydroxyl groups is 2. The summed E-state index contributed by atoms with van der Waals surface area (Å²) in [6, 6.07) is 2.34. The van der Waals surface area contributed by atoms with Crippen LogP contribution in [0.4, 0.5) is 4.39 Å². The fourth-order valence-electron chi connectivity index (χ4n) is 2.87. The van der Waals surface area contributed by atoms with Crippen molar-refractivity contribution in [2.75, 3.05) is 6.61 Å². The van der Waals surface area contributed by atoms with Crippen LogP contribution in [0.5, 0.6) is 5.75 Å². The van der Waals surface area contributed by atoms with E-state index in [1.807, 2.05) is 0 Å². The molecule has 9 nitrogen and oxygen atoms in total. The van der Waals surface area contributed by atoms with E-state index in [9.17, 15) is 19.1 Å². The average Bonchev–Trinajstić information content (AvgIpc) is 2.88. The van der Waals surface area contributed by atoms with E-state index in [0.29, 0.717) is 5.69 Å². The van der Waals surface area contributed by atoms with Gasteiger partial charge in [-0.3, -0.25) is 9.59 Å². The van der Waals surface area contributed by atoms with Crippen LogP contribution < -0.4 is 16.2 Å². The summed E-state index contributed by atoms with van der Waals surface area (Å²) in [7, 11) is 0. The van der Waals surface area contributed by atoms with E-state index in [0.717, 1.165) is 6.07 Å². The van der Waals surface area contributed by atoms with Gasteiger partial charge in [-0.25, -0.2) is 9.37 Å². The first-order valence-corrected chi connectivity index (χ1v) is 8.57. The van der Waals surface area contributed by atoms with Crippen LogP contribution in [0.2, 0.25) is 0 Å². The van der Waals surface area contributed by atoms with E-state index < -0.39 is 35.9 Å². The molecule has 2 aromatic rings. The van der Waals surface area contributed by atoms with Gasteiger partial charge in [0.05, 0.1) is 24.3 Å². The molecule has 0 saturated heterocycles. The van der Waals surface area contributed by atoms with Crippen molar-refractivity contribution in [2.24, 2.45) is 11.5 Å². The Morgan fingerprint density at radius 2 is 2.14 bits per heavy atom. The van der Waals surface area contributed by atoms with Crippen LogP contribution in [0.1, 0.15) is 28.7 Å². The zero-order valence-corrected chi connectivity index (χ0v) is 15.7. The van der Waals surface area contributed by atoms with Gasteiger partial charge >= 0.3 is 0 Å². The van der Waals surface area contributed by atoms with Crippen LogP contribution in [-0.4, -0.2) is 49.9 Å². The third kappa shape index (κ3) is 3.78. The third-order valence-electron chi connectivity index (χ3n) is 4.47. The van der Waals surface area contributed by atoms with Crippen LogP contribution in [-0.2, 0) is 11.3 Å². The molecule has 0 fully saturated rings. The molecule has 1 aliphatic heterocycles. The number of carbonyl (C=O) groups excluding carboxylic acids is 2. The van der Waals surface area contributed by atoms with E-state index in [1.165, 1.54) is 13.0 Å². The maximum Gasteiger partial charge on any atom is 0.269 e. The Kier molecular flexibility index (Phi) is 5.04. The standard InChI is InChI=1S/C19H19FN4O5/c1-9-15(17(22)27)23-18-11-5-10(3-4-19(2,28)8-25)12(20)6-13(11)29-14(16(21)26)7-24(9)18/h5-6,14,25,28H,7-8H2,1-2H3,(H2,21,26)(H2,22,27). The number of hydrogen-bond acceptors (Lipinski definition) is 6. The Balaban J connectivity index is 2.25. The first-order chi connectivity index (χ1) is 13.5. The molecule has 10 heteroatoms. The highest BCUT2D eigenvalue weighted by Gasteiger charge is 2.31. The largest absolute Gasteiger partial charge is 0.478 e. The van der Waals surface area contributed by atoms with Gasteiger partial charge < -0.3 is 31.0 Å². The molecule has 0 saturated carbocycles. The number of halogens is 1. The summed E-state index contributed by atoms with van der Waals surface area (Å²) in [4.78, 5) is 27.7. The second kappa shape index (κ2) is 7.20. The highest BCUT2D eigenvalue weighted by Crippen LogP contribution is 2.36. The third-order valence-corrected chi connectivity index (χ3v) is 4.47. The fourth-order valence-corrected chi connectivity index (χ4v) is 2.87. The number of fused-ring (bicyclic) bond motifs is 3. The SMILES string of the molecule is Cc1c(C(N)=O)nc2n1CC(C(N)=O)Oc1cc(F)c(C#CC(C)(O)CO)cc1-2. The molecule has 0 aliphatic carbocycles. The molecule has 2 atom stereocenters. The van der Waals surface area contributed by atoms with Crippen molar-refractivity contribution in [2.45, 2.75) is 32.1 Å². The van der Waals surface area contributed by atoms with Crippen LogP contribution in [0.15, 0.2) is 12.1 Å². The molecular formula is C19H19FN4O5. The van der Waals surface area contributed by atoms with E-state index >= 15 is 0 Å². The second-order valence-corrected chi connectivity index (χ2v) is 6.86. The number of imidazole rings is 1. The highest BCUT2D eigenvalue weighted by atomic mass is 19.1. The van der Waals surface area contributed by atoms with Gasteiger partial charge in [-0.1, -0.05) is 11.8 Å². The van der Waals surface area contributed by atoms with Gasteiger partial charge in [0.25, 0.3) is 11.8 Å². The maximum absolute atomic E-state index is 14.6. The molecule has 2 heterocycles. The number of nitrogens with zero attached hydrogens (tertiary/aromatic N) is 2. The van der Waals surface area contributed by atoms with E-state index in [1.54, 1.807) is 11.5 Å². The molecule has 152 valence electrons. The smallest absolute Gasteiger partial charge is 0.269 e. The van der Waals surface area contributed by atoms with Gasteiger partial charge in [0, 0.05) is 11.8 Å². The lowest BCUT2D eigenvalue weighted by molar-refractivity contribution is -0.125.